The predicted molar refractivity (Wildman–Crippen MR) is 61.2 cm³/mol. The topological polar surface area (TPSA) is 23.5 Å². The number of anilines is 1. The molecular weight excluding hydrogens is 198 g/mol. The van der Waals surface area contributed by atoms with Crippen LogP contribution in [-0.2, 0) is 0 Å². The quantitative estimate of drug-likeness (QED) is 0.831. The van der Waals surface area contributed by atoms with Crippen molar-refractivity contribution in [1.29, 1.82) is 0 Å². The van der Waals surface area contributed by atoms with E-state index in [2.05, 4.69) is 11.8 Å². The van der Waals surface area contributed by atoms with E-state index in [1.165, 1.54) is 5.56 Å². The Balaban J connectivity index is 2.77. The molecule has 14 heavy (non-hydrogen) atoms. The van der Waals surface area contributed by atoms with Crippen LogP contribution in [0.25, 0.3) is 0 Å². The molecule has 0 saturated carbocycles. The zero-order valence-corrected chi connectivity index (χ0v) is 9.38. The van der Waals surface area contributed by atoms with E-state index in [0.717, 1.165) is 23.7 Å². The summed E-state index contributed by atoms with van der Waals surface area (Å²) < 4.78 is 0. The van der Waals surface area contributed by atoms with Gasteiger partial charge in [0, 0.05) is 30.9 Å². The first-order valence-electron chi connectivity index (χ1n) is 4.73. The summed E-state index contributed by atoms with van der Waals surface area (Å²) in [6.07, 6.45) is 0.780. The van der Waals surface area contributed by atoms with Crippen LogP contribution in [0.1, 0.15) is 12.0 Å². The van der Waals surface area contributed by atoms with Gasteiger partial charge in [0.15, 0.2) is 0 Å². The Labute approximate surface area is 90.1 Å². The van der Waals surface area contributed by atoms with Gasteiger partial charge in [0.25, 0.3) is 0 Å². The van der Waals surface area contributed by atoms with E-state index in [0.29, 0.717) is 0 Å². The number of hydrogen-bond acceptors (Lipinski definition) is 2. The van der Waals surface area contributed by atoms with Crippen molar-refractivity contribution in [3.63, 3.8) is 0 Å². The highest BCUT2D eigenvalue weighted by Crippen LogP contribution is 2.23. The molecule has 0 heterocycles. The number of aliphatic hydroxyl groups excluding tert-OH is 1. The maximum atomic E-state index is 8.73. The third-order valence-corrected chi connectivity index (χ3v) is 2.47. The SMILES string of the molecule is Cc1ccc(Cl)cc1N(C)CCCO. The van der Waals surface area contributed by atoms with Crippen LogP contribution < -0.4 is 4.90 Å². The van der Waals surface area contributed by atoms with Crippen molar-refractivity contribution >= 4 is 17.3 Å². The molecule has 1 rings (SSSR count). The van der Waals surface area contributed by atoms with Crippen LogP contribution >= 0.6 is 11.6 Å². The van der Waals surface area contributed by atoms with Crippen LogP contribution in [0.15, 0.2) is 18.2 Å². The Morgan fingerprint density at radius 2 is 2.14 bits per heavy atom. The van der Waals surface area contributed by atoms with Crippen LogP contribution in [-0.4, -0.2) is 25.3 Å². The number of rotatable bonds is 4. The van der Waals surface area contributed by atoms with Gasteiger partial charge in [-0.3, -0.25) is 0 Å². The molecule has 0 bridgehead atoms. The van der Waals surface area contributed by atoms with Crippen LogP contribution in [0.5, 0.6) is 0 Å². The molecule has 0 saturated heterocycles. The van der Waals surface area contributed by atoms with E-state index in [-0.39, 0.29) is 6.61 Å². The van der Waals surface area contributed by atoms with Crippen molar-refractivity contribution in [1.82, 2.24) is 0 Å². The van der Waals surface area contributed by atoms with Gasteiger partial charge in [0.2, 0.25) is 0 Å². The van der Waals surface area contributed by atoms with E-state index < -0.39 is 0 Å². The molecule has 0 amide bonds. The summed E-state index contributed by atoms with van der Waals surface area (Å²) >= 11 is 5.92. The normalized spacial score (nSPS) is 10.3. The van der Waals surface area contributed by atoms with E-state index in [4.69, 9.17) is 16.7 Å². The lowest BCUT2D eigenvalue weighted by Gasteiger charge is -2.21. The Hall–Kier alpha value is -0.730. The molecule has 2 nitrogen and oxygen atoms in total. The fraction of sp³-hybridized carbons (Fsp3) is 0.455. The first kappa shape index (κ1) is 11.3. The Morgan fingerprint density at radius 1 is 1.43 bits per heavy atom. The summed E-state index contributed by atoms with van der Waals surface area (Å²) in [6, 6.07) is 5.85. The van der Waals surface area contributed by atoms with Crippen molar-refractivity contribution in [2.75, 3.05) is 25.1 Å². The van der Waals surface area contributed by atoms with E-state index in [1.807, 2.05) is 25.2 Å². The molecule has 0 fully saturated rings. The fourth-order valence-electron chi connectivity index (χ4n) is 1.42. The van der Waals surface area contributed by atoms with E-state index >= 15 is 0 Å². The Bertz CT molecular complexity index is 301. The van der Waals surface area contributed by atoms with E-state index in [9.17, 15) is 0 Å². The van der Waals surface area contributed by atoms with Gasteiger partial charge in [-0.05, 0) is 31.0 Å². The maximum absolute atomic E-state index is 8.73. The fourth-order valence-corrected chi connectivity index (χ4v) is 1.59. The summed E-state index contributed by atoms with van der Waals surface area (Å²) in [5.74, 6) is 0. The minimum atomic E-state index is 0.226. The van der Waals surface area contributed by atoms with Crippen LogP contribution in [0.3, 0.4) is 0 Å². The monoisotopic (exact) mass is 213 g/mol. The van der Waals surface area contributed by atoms with Gasteiger partial charge >= 0.3 is 0 Å². The lowest BCUT2D eigenvalue weighted by molar-refractivity contribution is 0.290. The Morgan fingerprint density at radius 3 is 2.79 bits per heavy atom. The molecule has 0 unspecified atom stereocenters. The van der Waals surface area contributed by atoms with Gasteiger partial charge in [0.1, 0.15) is 0 Å². The van der Waals surface area contributed by atoms with Gasteiger partial charge in [-0.2, -0.15) is 0 Å². The largest absolute Gasteiger partial charge is 0.396 e. The average molecular weight is 214 g/mol. The highest BCUT2D eigenvalue weighted by Gasteiger charge is 2.04. The molecule has 78 valence electrons. The smallest absolute Gasteiger partial charge is 0.0447 e. The standard InChI is InChI=1S/C11H16ClNO/c1-9-4-5-10(12)8-11(9)13(2)6-3-7-14/h4-5,8,14H,3,6-7H2,1-2H3. The summed E-state index contributed by atoms with van der Waals surface area (Å²) in [4.78, 5) is 2.11. The second-order valence-electron chi connectivity index (χ2n) is 3.43. The number of benzene rings is 1. The first-order valence-corrected chi connectivity index (χ1v) is 5.11. The van der Waals surface area contributed by atoms with Crippen LogP contribution in [0.4, 0.5) is 5.69 Å². The highest BCUT2D eigenvalue weighted by atomic mass is 35.5. The number of aliphatic hydroxyl groups is 1. The molecule has 0 aliphatic carbocycles. The van der Waals surface area contributed by atoms with Gasteiger partial charge in [-0.25, -0.2) is 0 Å². The number of nitrogens with zero attached hydrogens (tertiary/aromatic N) is 1. The van der Waals surface area contributed by atoms with E-state index in [1.54, 1.807) is 0 Å². The molecule has 1 aromatic rings. The molecule has 0 radical (unpaired) electrons. The number of halogens is 1. The number of aryl methyl sites for hydroxylation is 1. The number of hydrogen-bond donors (Lipinski definition) is 1. The van der Waals surface area contributed by atoms with Crippen molar-refractivity contribution in [2.24, 2.45) is 0 Å². The second kappa shape index (κ2) is 5.23. The minimum Gasteiger partial charge on any atom is -0.396 e. The Kier molecular flexibility index (Phi) is 4.23. The summed E-state index contributed by atoms with van der Waals surface area (Å²) in [7, 11) is 2.01. The zero-order chi connectivity index (χ0) is 10.6. The van der Waals surface area contributed by atoms with Crippen molar-refractivity contribution in [3.8, 4) is 0 Å². The minimum absolute atomic E-state index is 0.226. The van der Waals surface area contributed by atoms with Crippen molar-refractivity contribution in [3.05, 3.63) is 28.8 Å². The lowest BCUT2D eigenvalue weighted by Crippen LogP contribution is -2.20. The molecular formula is C11H16ClNO. The van der Waals surface area contributed by atoms with Gasteiger partial charge < -0.3 is 10.0 Å². The molecule has 1 N–H and O–H groups in total. The van der Waals surface area contributed by atoms with Crippen molar-refractivity contribution < 1.29 is 5.11 Å². The molecule has 0 atom stereocenters. The molecule has 0 aliphatic rings. The highest BCUT2D eigenvalue weighted by molar-refractivity contribution is 6.30. The molecule has 1 aromatic carbocycles. The summed E-state index contributed by atoms with van der Waals surface area (Å²) in [6.45, 7) is 3.13. The van der Waals surface area contributed by atoms with Gasteiger partial charge in [-0.15, -0.1) is 0 Å². The predicted octanol–water partition coefficient (Wildman–Crippen LogP) is 2.47. The summed E-state index contributed by atoms with van der Waals surface area (Å²) in [5.41, 5.74) is 2.33. The molecule has 0 aromatic heterocycles. The first-order chi connectivity index (χ1) is 6.65. The zero-order valence-electron chi connectivity index (χ0n) is 8.63. The molecule has 3 heteroatoms. The average Bonchev–Trinajstić information content (AvgIpc) is 2.18. The van der Waals surface area contributed by atoms with Gasteiger partial charge in [-0.1, -0.05) is 17.7 Å². The van der Waals surface area contributed by atoms with Crippen LogP contribution in [0.2, 0.25) is 5.02 Å². The van der Waals surface area contributed by atoms with Gasteiger partial charge in [0.05, 0.1) is 0 Å². The summed E-state index contributed by atoms with van der Waals surface area (Å²) in [5, 5.41) is 9.48. The molecule has 0 aliphatic heterocycles. The molecule has 0 spiro atoms. The third kappa shape index (κ3) is 2.89. The van der Waals surface area contributed by atoms with Crippen LogP contribution in [0, 0.1) is 6.92 Å². The maximum Gasteiger partial charge on any atom is 0.0447 e. The van der Waals surface area contributed by atoms with Crippen molar-refractivity contribution in [2.45, 2.75) is 13.3 Å². The third-order valence-electron chi connectivity index (χ3n) is 2.23. The lowest BCUT2D eigenvalue weighted by atomic mass is 10.2. The second-order valence-corrected chi connectivity index (χ2v) is 3.87.